The molecule has 0 aromatic carbocycles. The van der Waals surface area contributed by atoms with Gasteiger partial charge < -0.3 is 5.32 Å². The Balaban J connectivity index is 2.19. The molecule has 11 heavy (non-hydrogen) atoms. The monoisotopic (exact) mass is 233 g/mol. The van der Waals surface area contributed by atoms with Crippen LogP contribution in [0, 0.1) is 0 Å². The molecule has 0 spiro atoms. The van der Waals surface area contributed by atoms with E-state index in [4.69, 9.17) is 0 Å². The molecule has 0 saturated heterocycles. The van der Waals surface area contributed by atoms with Crippen molar-refractivity contribution in [3.8, 4) is 0 Å². The first-order valence-corrected chi connectivity index (χ1v) is 4.62. The van der Waals surface area contributed by atoms with Gasteiger partial charge in [0.05, 0.1) is 23.6 Å². The molecule has 0 radical (unpaired) electrons. The smallest absolute Gasteiger partial charge is 0.0880 e. The number of hydrogen-bond donors (Lipinski definition) is 1. The number of nitrogens with zero attached hydrogens (tertiary/aromatic N) is 2. The van der Waals surface area contributed by atoms with Gasteiger partial charge >= 0.3 is 0 Å². The SMILES string of the molecule is C=C(Br)CNCc1cnsn1. The zero-order valence-electron chi connectivity index (χ0n) is 5.88. The first kappa shape index (κ1) is 8.83. The van der Waals surface area contributed by atoms with Gasteiger partial charge in [0, 0.05) is 17.6 Å². The maximum atomic E-state index is 4.04. The van der Waals surface area contributed by atoms with E-state index in [1.807, 2.05) is 0 Å². The lowest BCUT2D eigenvalue weighted by Crippen LogP contribution is -2.14. The van der Waals surface area contributed by atoms with Crippen LogP contribution in [0.1, 0.15) is 5.69 Å². The van der Waals surface area contributed by atoms with Crippen molar-refractivity contribution < 1.29 is 0 Å². The van der Waals surface area contributed by atoms with Crippen molar-refractivity contribution in [2.24, 2.45) is 0 Å². The summed E-state index contributed by atoms with van der Waals surface area (Å²) in [4.78, 5) is 0. The zero-order chi connectivity index (χ0) is 8.10. The van der Waals surface area contributed by atoms with Crippen LogP contribution in [-0.4, -0.2) is 15.3 Å². The lowest BCUT2D eigenvalue weighted by atomic mass is 10.4. The van der Waals surface area contributed by atoms with Crippen molar-refractivity contribution in [2.75, 3.05) is 6.54 Å². The Hall–Kier alpha value is -0.260. The zero-order valence-corrected chi connectivity index (χ0v) is 8.28. The highest BCUT2D eigenvalue weighted by atomic mass is 79.9. The van der Waals surface area contributed by atoms with Crippen LogP contribution in [0.4, 0.5) is 0 Å². The van der Waals surface area contributed by atoms with Crippen LogP contribution in [0.25, 0.3) is 0 Å². The van der Waals surface area contributed by atoms with Gasteiger partial charge in [0.15, 0.2) is 0 Å². The molecule has 1 aromatic rings. The summed E-state index contributed by atoms with van der Waals surface area (Å²) >= 11 is 4.47. The van der Waals surface area contributed by atoms with E-state index in [-0.39, 0.29) is 0 Å². The maximum Gasteiger partial charge on any atom is 0.0880 e. The van der Waals surface area contributed by atoms with Crippen molar-refractivity contribution in [3.05, 3.63) is 23.0 Å². The van der Waals surface area contributed by atoms with Crippen molar-refractivity contribution in [1.29, 1.82) is 0 Å². The summed E-state index contributed by atoms with van der Waals surface area (Å²) in [6.07, 6.45) is 1.76. The Labute approximate surface area is 78.0 Å². The van der Waals surface area contributed by atoms with Gasteiger partial charge in [0.25, 0.3) is 0 Å². The van der Waals surface area contributed by atoms with Crippen LogP contribution in [0.2, 0.25) is 0 Å². The number of aromatic nitrogens is 2. The lowest BCUT2D eigenvalue weighted by molar-refractivity contribution is 0.744. The molecule has 0 saturated carbocycles. The summed E-state index contributed by atoms with van der Waals surface area (Å²) in [5.41, 5.74) is 0.976. The number of hydrogen-bond acceptors (Lipinski definition) is 4. The van der Waals surface area contributed by atoms with Gasteiger partial charge in [0.1, 0.15) is 0 Å². The van der Waals surface area contributed by atoms with E-state index in [9.17, 15) is 0 Å². The number of nitrogens with one attached hydrogen (secondary N) is 1. The minimum atomic E-state index is 0.751. The van der Waals surface area contributed by atoms with E-state index < -0.39 is 0 Å². The summed E-state index contributed by atoms with van der Waals surface area (Å²) in [5.74, 6) is 0. The molecular weight excluding hydrogens is 226 g/mol. The van der Waals surface area contributed by atoms with Crippen LogP contribution in [0.3, 0.4) is 0 Å². The Bertz CT molecular complexity index is 222. The predicted octanol–water partition coefficient (Wildman–Crippen LogP) is 1.54. The molecular formula is C6H8BrN3S. The van der Waals surface area contributed by atoms with Crippen molar-refractivity contribution in [3.63, 3.8) is 0 Å². The Morgan fingerprint density at radius 1 is 1.82 bits per heavy atom. The summed E-state index contributed by atoms with van der Waals surface area (Å²) in [5, 5.41) is 3.14. The molecule has 60 valence electrons. The fourth-order valence-electron chi connectivity index (χ4n) is 0.588. The Kier molecular flexibility index (Phi) is 3.68. The molecule has 1 heterocycles. The fourth-order valence-corrected chi connectivity index (χ4v) is 1.22. The highest BCUT2D eigenvalue weighted by Crippen LogP contribution is 1.98. The molecule has 0 aliphatic heterocycles. The topological polar surface area (TPSA) is 37.8 Å². The van der Waals surface area contributed by atoms with Gasteiger partial charge in [-0.25, -0.2) is 0 Å². The van der Waals surface area contributed by atoms with Gasteiger partial charge in [-0.15, -0.1) is 0 Å². The van der Waals surface area contributed by atoms with Crippen LogP contribution in [0.15, 0.2) is 17.3 Å². The van der Waals surface area contributed by atoms with Crippen LogP contribution in [0.5, 0.6) is 0 Å². The van der Waals surface area contributed by atoms with Gasteiger partial charge in [-0.3, -0.25) is 0 Å². The summed E-state index contributed by atoms with van der Waals surface area (Å²) in [7, 11) is 0. The van der Waals surface area contributed by atoms with Gasteiger partial charge in [0.2, 0.25) is 0 Å². The molecule has 3 nitrogen and oxygen atoms in total. The van der Waals surface area contributed by atoms with Gasteiger partial charge in [-0.2, -0.15) is 8.75 Å². The van der Waals surface area contributed by atoms with E-state index in [1.165, 1.54) is 11.7 Å². The first-order chi connectivity index (χ1) is 5.29. The van der Waals surface area contributed by atoms with Crippen molar-refractivity contribution in [1.82, 2.24) is 14.1 Å². The molecule has 1 rings (SSSR count). The molecule has 0 aliphatic carbocycles. The molecule has 0 fully saturated rings. The molecule has 5 heteroatoms. The third-order valence-electron chi connectivity index (χ3n) is 1.03. The predicted molar refractivity (Wildman–Crippen MR) is 49.7 cm³/mol. The Morgan fingerprint density at radius 2 is 2.64 bits per heavy atom. The van der Waals surface area contributed by atoms with Gasteiger partial charge in [-0.05, 0) is 0 Å². The highest BCUT2D eigenvalue weighted by Gasteiger charge is 1.94. The summed E-state index contributed by atoms with van der Waals surface area (Å²) < 4.78 is 8.86. The molecule has 1 aromatic heterocycles. The van der Waals surface area contributed by atoms with E-state index in [0.29, 0.717) is 0 Å². The standard InChI is InChI=1S/C6H8BrN3S/c1-5(7)2-8-3-6-4-9-11-10-6/h4,8H,1-3H2. The second-order valence-electron chi connectivity index (χ2n) is 2.02. The molecule has 0 aliphatic rings. The maximum absolute atomic E-state index is 4.04. The van der Waals surface area contributed by atoms with Crippen LogP contribution >= 0.6 is 27.7 Å². The quantitative estimate of drug-likeness (QED) is 0.858. The van der Waals surface area contributed by atoms with Crippen molar-refractivity contribution >= 4 is 27.7 Å². The highest BCUT2D eigenvalue weighted by molar-refractivity contribution is 9.11. The number of halogens is 1. The fraction of sp³-hybridized carbons (Fsp3) is 0.333. The molecule has 1 N–H and O–H groups in total. The van der Waals surface area contributed by atoms with E-state index in [0.717, 1.165) is 23.3 Å². The first-order valence-electron chi connectivity index (χ1n) is 3.09. The van der Waals surface area contributed by atoms with E-state index in [2.05, 4.69) is 36.6 Å². The third-order valence-corrected chi connectivity index (χ3v) is 1.83. The minimum absolute atomic E-state index is 0.751. The molecule has 0 unspecified atom stereocenters. The van der Waals surface area contributed by atoms with E-state index >= 15 is 0 Å². The minimum Gasteiger partial charge on any atom is -0.306 e. The van der Waals surface area contributed by atoms with Gasteiger partial charge in [-0.1, -0.05) is 22.5 Å². The van der Waals surface area contributed by atoms with Crippen LogP contribution < -0.4 is 5.32 Å². The summed E-state index contributed by atoms with van der Waals surface area (Å²) in [6, 6.07) is 0. The average molecular weight is 234 g/mol. The second-order valence-corrected chi connectivity index (χ2v) is 3.70. The average Bonchev–Trinajstić information content (AvgIpc) is 2.39. The largest absolute Gasteiger partial charge is 0.306 e. The molecule has 0 bridgehead atoms. The Morgan fingerprint density at radius 3 is 3.18 bits per heavy atom. The summed E-state index contributed by atoms with van der Waals surface area (Å²) in [6.45, 7) is 5.21. The van der Waals surface area contributed by atoms with Crippen LogP contribution in [-0.2, 0) is 6.54 Å². The molecule has 0 atom stereocenters. The van der Waals surface area contributed by atoms with Crippen molar-refractivity contribution in [2.45, 2.75) is 6.54 Å². The second kappa shape index (κ2) is 4.58. The van der Waals surface area contributed by atoms with E-state index in [1.54, 1.807) is 6.20 Å². The molecule has 0 amide bonds. The normalized spacial score (nSPS) is 9.91. The third kappa shape index (κ3) is 3.60. The number of rotatable bonds is 4. The lowest BCUT2D eigenvalue weighted by Gasteiger charge is -1.98.